The number of rotatable bonds is 2. The third kappa shape index (κ3) is 4.29. The quantitative estimate of drug-likeness (QED) is 0.804. The van der Waals surface area contributed by atoms with E-state index in [4.69, 9.17) is 10.2 Å². The molecule has 1 aliphatic carbocycles. The number of benzene rings is 1. The van der Waals surface area contributed by atoms with Crippen LogP contribution in [-0.4, -0.2) is 53.0 Å². The van der Waals surface area contributed by atoms with Crippen LogP contribution in [0.15, 0.2) is 30.4 Å². The molecule has 1 aliphatic heterocycles. The summed E-state index contributed by atoms with van der Waals surface area (Å²) in [5.74, 6) is -1.05. The molecule has 1 aromatic rings. The van der Waals surface area contributed by atoms with Gasteiger partial charge in [-0.05, 0) is 25.5 Å². The van der Waals surface area contributed by atoms with Crippen LogP contribution < -0.4 is 0 Å². The van der Waals surface area contributed by atoms with Crippen molar-refractivity contribution in [2.24, 2.45) is 5.92 Å². The van der Waals surface area contributed by atoms with Crippen molar-refractivity contribution in [1.82, 2.24) is 4.90 Å². The Balaban J connectivity index is 0.000000224. The number of hydrogen-bond acceptors (Lipinski definition) is 4. The van der Waals surface area contributed by atoms with Crippen LogP contribution in [0.25, 0.3) is 0 Å². The number of carbonyl (C=O) groups is 3. The number of carboxylic acids is 2. The van der Waals surface area contributed by atoms with E-state index < -0.39 is 11.9 Å². The van der Waals surface area contributed by atoms with Crippen LogP contribution in [0, 0.1) is 12.8 Å². The molecular weight excluding hydrogens is 310 g/mol. The zero-order valence-electron chi connectivity index (χ0n) is 13.7. The summed E-state index contributed by atoms with van der Waals surface area (Å²) in [6, 6.07) is 6.28. The number of nitrogens with zero attached hydrogens (tertiary/aromatic N) is 1. The number of aliphatic carboxylic acids is 2. The number of carbonyl (C=O) groups excluding carboxylic acids is 1. The van der Waals surface area contributed by atoms with Gasteiger partial charge in [-0.3, -0.25) is 4.79 Å². The van der Waals surface area contributed by atoms with Gasteiger partial charge in [-0.2, -0.15) is 0 Å². The van der Waals surface area contributed by atoms with Crippen molar-refractivity contribution in [2.45, 2.75) is 19.3 Å². The molecule has 24 heavy (non-hydrogen) atoms. The van der Waals surface area contributed by atoms with E-state index in [2.05, 4.69) is 31.0 Å². The van der Waals surface area contributed by atoms with E-state index in [1.165, 1.54) is 11.1 Å². The Bertz CT molecular complexity index is 679. The van der Waals surface area contributed by atoms with Crippen LogP contribution in [0.3, 0.4) is 0 Å². The van der Waals surface area contributed by atoms with E-state index >= 15 is 0 Å². The van der Waals surface area contributed by atoms with Crippen molar-refractivity contribution in [2.75, 3.05) is 20.1 Å². The van der Waals surface area contributed by atoms with Gasteiger partial charge >= 0.3 is 11.9 Å². The molecule has 2 unspecified atom stereocenters. The largest absolute Gasteiger partial charge is 0.478 e. The minimum Gasteiger partial charge on any atom is -0.478 e. The number of carboxylic acid groups (broad SMARTS) is 2. The molecule has 0 bridgehead atoms. The Kier molecular flexibility index (Phi) is 5.51. The molecule has 0 amide bonds. The molecule has 0 saturated carbocycles. The molecule has 3 rings (SSSR count). The molecule has 6 nitrogen and oxygen atoms in total. The highest BCUT2D eigenvalue weighted by Gasteiger charge is 2.39. The van der Waals surface area contributed by atoms with Crippen LogP contribution in [0.2, 0.25) is 0 Å². The molecule has 2 N–H and O–H groups in total. The highest BCUT2D eigenvalue weighted by molar-refractivity contribution is 5.99. The third-order valence-corrected chi connectivity index (χ3v) is 4.35. The molecule has 1 heterocycles. The number of likely N-dealkylation sites (tertiary alicyclic amines) is 1. The SMILES string of the molecule is Cc1ccc2c(c1)C1CN(C)CC1CC2=O.O=C(O)C=CC(=O)O. The summed E-state index contributed by atoms with van der Waals surface area (Å²) in [6.45, 7) is 4.28. The van der Waals surface area contributed by atoms with Gasteiger partial charge < -0.3 is 15.1 Å². The first-order valence-electron chi connectivity index (χ1n) is 7.74. The zero-order chi connectivity index (χ0) is 17.9. The van der Waals surface area contributed by atoms with Crippen molar-refractivity contribution in [1.29, 1.82) is 0 Å². The van der Waals surface area contributed by atoms with Gasteiger partial charge in [-0.15, -0.1) is 0 Å². The molecular formula is C18H21NO5. The fourth-order valence-corrected chi connectivity index (χ4v) is 3.38. The van der Waals surface area contributed by atoms with Crippen LogP contribution in [0.1, 0.15) is 33.8 Å². The summed E-state index contributed by atoms with van der Waals surface area (Å²) >= 11 is 0. The lowest BCUT2D eigenvalue weighted by atomic mass is 9.76. The Morgan fingerprint density at radius 2 is 1.79 bits per heavy atom. The average molecular weight is 331 g/mol. The van der Waals surface area contributed by atoms with Gasteiger partial charge in [0.15, 0.2) is 5.78 Å². The van der Waals surface area contributed by atoms with Gasteiger partial charge in [0.1, 0.15) is 0 Å². The molecule has 6 heteroatoms. The first kappa shape index (κ1) is 17.9. The van der Waals surface area contributed by atoms with Crippen molar-refractivity contribution in [3.8, 4) is 0 Å². The fraction of sp³-hybridized carbons (Fsp3) is 0.389. The van der Waals surface area contributed by atoms with Crippen molar-refractivity contribution in [3.63, 3.8) is 0 Å². The molecule has 0 aromatic heterocycles. The molecule has 0 spiro atoms. The van der Waals surface area contributed by atoms with Crippen molar-refractivity contribution < 1.29 is 24.6 Å². The van der Waals surface area contributed by atoms with E-state index in [1.54, 1.807) is 0 Å². The summed E-state index contributed by atoms with van der Waals surface area (Å²) in [7, 11) is 2.15. The average Bonchev–Trinajstić information content (AvgIpc) is 2.86. The van der Waals surface area contributed by atoms with Crippen molar-refractivity contribution in [3.05, 3.63) is 47.0 Å². The first-order valence-corrected chi connectivity index (χ1v) is 7.74. The zero-order valence-corrected chi connectivity index (χ0v) is 13.7. The second-order valence-electron chi connectivity index (χ2n) is 6.32. The Labute approximate surface area is 140 Å². The number of hydrogen-bond donors (Lipinski definition) is 2. The Morgan fingerprint density at radius 3 is 2.38 bits per heavy atom. The predicted octanol–water partition coefficient (Wildman–Crippen LogP) is 1.94. The predicted molar refractivity (Wildman–Crippen MR) is 88.3 cm³/mol. The van der Waals surface area contributed by atoms with Crippen LogP contribution in [-0.2, 0) is 9.59 Å². The smallest absolute Gasteiger partial charge is 0.328 e. The highest BCUT2D eigenvalue weighted by atomic mass is 16.4. The Hall–Kier alpha value is -2.47. The lowest BCUT2D eigenvalue weighted by Crippen LogP contribution is -2.24. The third-order valence-electron chi connectivity index (χ3n) is 4.35. The highest BCUT2D eigenvalue weighted by Crippen LogP contribution is 2.41. The topological polar surface area (TPSA) is 94.9 Å². The molecule has 2 aliphatic rings. The monoisotopic (exact) mass is 331 g/mol. The summed E-state index contributed by atoms with van der Waals surface area (Å²) in [4.78, 5) is 33.5. The van der Waals surface area contributed by atoms with Gasteiger partial charge in [0.05, 0.1) is 0 Å². The summed E-state index contributed by atoms with van der Waals surface area (Å²) in [6.07, 6.45) is 1.86. The van der Waals surface area contributed by atoms with E-state index in [0.29, 0.717) is 29.8 Å². The lowest BCUT2D eigenvalue weighted by Gasteiger charge is -2.26. The van der Waals surface area contributed by atoms with E-state index in [-0.39, 0.29) is 0 Å². The number of fused-ring (bicyclic) bond motifs is 3. The second kappa shape index (κ2) is 7.40. The fourth-order valence-electron chi connectivity index (χ4n) is 3.38. The maximum absolute atomic E-state index is 12.0. The maximum Gasteiger partial charge on any atom is 0.328 e. The molecule has 1 saturated heterocycles. The molecule has 128 valence electrons. The molecule has 1 aromatic carbocycles. The van der Waals surface area contributed by atoms with Gasteiger partial charge in [-0.1, -0.05) is 23.8 Å². The summed E-state index contributed by atoms with van der Waals surface area (Å²) in [5, 5.41) is 15.6. The minimum atomic E-state index is -1.26. The van der Waals surface area contributed by atoms with Gasteiger partial charge in [0, 0.05) is 43.1 Å². The number of ketones is 1. The van der Waals surface area contributed by atoms with Crippen LogP contribution in [0.4, 0.5) is 0 Å². The van der Waals surface area contributed by atoms with Crippen LogP contribution >= 0.6 is 0 Å². The molecule has 1 fully saturated rings. The van der Waals surface area contributed by atoms with Gasteiger partial charge in [0.25, 0.3) is 0 Å². The van der Waals surface area contributed by atoms with Gasteiger partial charge in [-0.25, -0.2) is 9.59 Å². The van der Waals surface area contributed by atoms with Crippen molar-refractivity contribution >= 4 is 17.7 Å². The van der Waals surface area contributed by atoms with Crippen LogP contribution in [0.5, 0.6) is 0 Å². The maximum atomic E-state index is 12.0. The Morgan fingerprint density at radius 1 is 1.17 bits per heavy atom. The van der Waals surface area contributed by atoms with E-state index in [0.717, 1.165) is 25.1 Å². The van der Waals surface area contributed by atoms with Gasteiger partial charge in [0.2, 0.25) is 0 Å². The second-order valence-corrected chi connectivity index (χ2v) is 6.32. The first-order chi connectivity index (χ1) is 11.3. The normalized spacial score (nSPS) is 22.5. The standard InChI is InChI=1S/C14H17NO.C4H4O4/c1-9-3-4-11-12(5-9)13-8-15(2)7-10(13)6-14(11)16;5-3(6)1-2-4(7)8/h3-5,10,13H,6-8H2,1-2H3;1-2H,(H,5,6)(H,7,8). The summed E-state index contributed by atoms with van der Waals surface area (Å²) in [5.41, 5.74) is 3.54. The summed E-state index contributed by atoms with van der Waals surface area (Å²) < 4.78 is 0. The molecule has 2 atom stereocenters. The number of Topliss-reactive ketones (excluding diaryl/α,β-unsaturated/α-hetero) is 1. The van der Waals surface area contributed by atoms with E-state index in [1.807, 2.05) is 6.07 Å². The molecule has 0 radical (unpaired) electrons. The lowest BCUT2D eigenvalue weighted by molar-refractivity contribution is -0.134. The number of aryl methyl sites for hydroxylation is 1. The van der Waals surface area contributed by atoms with E-state index in [9.17, 15) is 14.4 Å². The minimum absolute atomic E-state index is 0.339. The number of likely N-dealkylation sites (N-methyl/N-ethyl adjacent to an activating group) is 1.